The van der Waals surface area contributed by atoms with Crippen LogP contribution in [0.15, 0.2) is 51.4 Å². The van der Waals surface area contributed by atoms with Crippen molar-refractivity contribution in [2.45, 2.75) is 26.3 Å². The predicted octanol–water partition coefficient (Wildman–Crippen LogP) is 4.19. The van der Waals surface area contributed by atoms with E-state index in [0.717, 1.165) is 27.3 Å². The Labute approximate surface area is 137 Å². The van der Waals surface area contributed by atoms with Crippen molar-refractivity contribution in [3.05, 3.63) is 64.0 Å². The van der Waals surface area contributed by atoms with Gasteiger partial charge in [-0.2, -0.15) is 0 Å². The lowest BCUT2D eigenvalue weighted by Gasteiger charge is -2.24. The molecule has 0 spiro atoms. The van der Waals surface area contributed by atoms with E-state index in [9.17, 15) is 4.79 Å². The summed E-state index contributed by atoms with van der Waals surface area (Å²) in [6.45, 7) is 3.76. The monoisotopic (exact) mass is 360 g/mol. The van der Waals surface area contributed by atoms with E-state index in [1.807, 2.05) is 56.3 Å². The van der Waals surface area contributed by atoms with Crippen molar-refractivity contribution in [1.29, 1.82) is 0 Å². The van der Waals surface area contributed by atoms with E-state index in [1.54, 1.807) is 5.01 Å². The molecule has 0 fully saturated rings. The van der Waals surface area contributed by atoms with Gasteiger partial charge in [-0.1, -0.05) is 35.0 Å². The highest BCUT2D eigenvalue weighted by molar-refractivity contribution is 9.10. The number of hydrogen-bond donors (Lipinski definition) is 1. The number of hydrazine groups is 1. The number of aryl methyl sites for hydroxylation is 1. The summed E-state index contributed by atoms with van der Waals surface area (Å²) in [5.74, 6) is 1.63. The standard InChI is InChI=1S/C17H17BrN2O2/c1-3-17(21)20-15(12-5-7-13(18)8-6-12)10-14(19-20)16-9-4-11(2)22-16/h4-10,15,19H,3H2,1-2H3/t15-/m1/s1. The summed E-state index contributed by atoms with van der Waals surface area (Å²) >= 11 is 3.44. The first-order valence-electron chi connectivity index (χ1n) is 7.21. The molecule has 1 aliphatic rings. The molecule has 1 amide bonds. The van der Waals surface area contributed by atoms with Crippen LogP contribution in [0.3, 0.4) is 0 Å². The Kier molecular flexibility index (Phi) is 4.07. The largest absolute Gasteiger partial charge is 0.460 e. The zero-order chi connectivity index (χ0) is 15.7. The average Bonchev–Trinajstić information content (AvgIpc) is 3.13. The molecule has 1 aliphatic heterocycles. The topological polar surface area (TPSA) is 45.5 Å². The maximum Gasteiger partial charge on any atom is 0.241 e. The zero-order valence-electron chi connectivity index (χ0n) is 12.5. The van der Waals surface area contributed by atoms with Gasteiger partial charge in [0.25, 0.3) is 0 Å². The Morgan fingerprint density at radius 3 is 2.59 bits per heavy atom. The molecular formula is C17H17BrN2O2. The number of hydrogen-bond acceptors (Lipinski definition) is 3. The van der Waals surface area contributed by atoms with Crippen LogP contribution in [0.5, 0.6) is 0 Å². The highest BCUT2D eigenvalue weighted by Crippen LogP contribution is 2.32. The van der Waals surface area contributed by atoms with Gasteiger partial charge in [-0.3, -0.25) is 10.2 Å². The van der Waals surface area contributed by atoms with Crippen LogP contribution in [-0.4, -0.2) is 10.9 Å². The molecule has 1 atom stereocenters. The highest BCUT2D eigenvalue weighted by Gasteiger charge is 2.30. The molecule has 0 saturated carbocycles. The molecule has 0 aliphatic carbocycles. The van der Waals surface area contributed by atoms with Crippen molar-refractivity contribution < 1.29 is 9.21 Å². The van der Waals surface area contributed by atoms with Gasteiger partial charge >= 0.3 is 0 Å². The number of benzene rings is 1. The number of nitrogens with zero attached hydrogens (tertiary/aromatic N) is 1. The van der Waals surface area contributed by atoms with E-state index >= 15 is 0 Å². The quantitative estimate of drug-likeness (QED) is 0.892. The van der Waals surface area contributed by atoms with Gasteiger partial charge in [0.2, 0.25) is 5.91 Å². The molecular weight excluding hydrogens is 344 g/mol. The van der Waals surface area contributed by atoms with Gasteiger partial charge in [-0.05, 0) is 42.8 Å². The second-order valence-electron chi connectivity index (χ2n) is 5.22. The Morgan fingerprint density at radius 2 is 2.00 bits per heavy atom. The van der Waals surface area contributed by atoms with Crippen LogP contribution < -0.4 is 5.43 Å². The molecule has 2 heterocycles. The molecule has 3 rings (SSSR count). The van der Waals surface area contributed by atoms with Crippen molar-refractivity contribution in [3.63, 3.8) is 0 Å². The van der Waals surface area contributed by atoms with Gasteiger partial charge in [0.15, 0.2) is 5.76 Å². The number of carbonyl (C=O) groups excluding carboxylic acids is 1. The third-order valence-electron chi connectivity index (χ3n) is 3.63. The maximum absolute atomic E-state index is 12.2. The smallest absolute Gasteiger partial charge is 0.241 e. The van der Waals surface area contributed by atoms with E-state index < -0.39 is 0 Å². The molecule has 2 aromatic rings. The summed E-state index contributed by atoms with van der Waals surface area (Å²) in [5, 5.41) is 1.66. The van der Waals surface area contributed by atoms with E-state index in [1.165, 1.54) is 0 Å². The second-order valence-corrected chi connectivity index (χ2v) is 6.13. The van der Waals surface area contributed by atoms with Gasteiger partial charge < -0.3 is 4.42 Å². The fourth-order valence-electron chi connectivity index (χ4n) is 2.48. The van der Waals surface area contributed by atoms with E-state index in [0.29, 0.717) is 6.42 Å². The van der Waals surface area contributed by atoms with Gasteiger partial charge in [0, 0.05) is 10.9 Å². The fraction of sp³-hybridized carbons (Fsp3) is 0.235. The molecule has 0 unspecified atom stereocenters. The minimum Gasteiger partial charge on any atom is -0.460 e. The summed E-state index contributed by atoms with van der Waals surface area (Å²) in [7, 11) is 0. The first-order chi connectivity index (χ1) is 10.6. The Bertz CT molecular complexity index is 719. The third-order valence-corrected chi connectivity index (χ3v) is 4.16. The van der Waals surface area contributed by atoms with E-state index in [-0.39, 0.29) is 11.9 Å². The molecule has 1 aromatic carbocycles. The third kappa shape index (κ3) is 2.81. The van der Waals surface area contributed by atoms with E-state index in [2.05, 4.69) is 21.4 Å². The van der Waals surface area contributed by atoms with Crippen LogP contribution in [0.1, 0.15) is 36.5 Å². The summed E-state index contributed by atoms with van der Waals surface area (Å²) in [6.07, 6.45) is 2.47. The van der Waals surface area contributed by atoms with Crippen LogP contribution in [0.25, 0.3) is 5.70 Å². The van der Waals surface area contributed by atoms with Crippen LogP contribution in [0.4, 0.5) is 0 Å². The number of nitrogens with one attached hydrogen (secondary N) is 1. The van der Waals surface area contributed by atoms with Gasteiger partial charge in [-0.25, -0.2) is 5.01 Å². The second kappa shape index (κ2) is 6.01. The SMILES string of the molecule is CCC(=O)N1NC(c2ccc(C)o2)=C[C@@H]1c1ccc(Br)cc1. The lowest BCUT2D eigenvalue weighted by molar-refractivity contribution is -0.134. The Balaban J connectivity index is 1.96. The number of carbonyl (C=O) groups is 1. The Morgan fingerprint density at radius 1 is 1.27 bits per heavy atom. The van der Waals surface area contributed by atoms with Crippen molar-refractivity contribution in [2.24, 2.45) is 0 Å². The lowest BCUT2D eigenvalue weighted by atomic mass is 10.1. The molecule has 0 radical (unpaired) electrons. The summed E-state index contributed by atoms with van der Waals surface area (Å²) in [6, 6.07) is 11.7. The average molecular weight is 361 g/mol. The highest BCUT2D eigenvalue weighted by atomic mass is 79.9. The molecule has 1 aromatic heterocycles. The molecule has 22 heavy (non-hydrogen) atoms. The predicted molar refractivity (Wildman–Crippen MR) is 88.6 cm³/mol. The Hall–Kier alpha value is -2.01. The molecule has 4 nitrogen and oxygen atoms in total. The minimum absolute atomic E-state index is 0.0439. The lowest BCUT2D eigenvalue weighted by Crippen LogP contribution is -2.39. The number of amides is 1. The van der Waals surface area contributed by atoms with Gasteiger partial charge in [0.1, 0.15) is 5.76 Å². The number of rotatable bonds is 3. The minimum atomic E-state index is -0.138. The number of halogens is 1. The first-order valence-corrected chi connectivity index (χ1v) is 8.00. The first kappa shape index (κ1) is 14.9. The van der Waals surface area contributed by atoms with Crippen LogP contribution in [-0.2, 0) is 4.79 Å². The summed E-state index contributed by atoms with van der Waals surface area (Å²) in [5.41, 5.74) is 5.05. The van der Waals surface area contributed by atoms with Crippen molar-refractivity contribution in [3.8, 4) is 0 Å². The normalized spacial score (nSPS) is 17.3. The summed E-state index contributed by atoms with van der Waals surface area (Å²) < 4.78 is 6.67. The van der Waals surface area contributed by atoms with Crippen LogP contribution >= 0.6 is 15.9 Å². The zero-order valence-corrected chi connectivity index (χ0v) is 14.1. The van der Waals surface area contributed by atoms with Crippen molar-refractivity contribution in [2.75, 3.05) is 0 Å². The molecule has 0 saturated heterocycles. The fourth-order valence-corrected chi connectivity index (χ4v) is 2.74. The molecule has 114 valence electrons. The molecule has 0 bridgehead atoms. The van der Waals surface area contributed by atoms with Crippen LogP contribution in [0, 0.1) is 6.92 Å². The molecule has 1 N–H and O–H groups in total. The summed E-state index contributed by atoms with van der Waals surface area (Å²) in [4.78, 5) is 12.2. The van der Waals surface area contributed by atoms with Crippen molar-refractivity contribution in [1.82, 2.24) is 10.4 Å². The van der Waals surface area contributed by atoms with Crippen LogP contribution in [0.2, 0.25) is 0 Å². The van der Waals surface area contributed by atoms with Gasteiger partial charge in [-0.15, -0.1) is 0 Å². The van der Waals surface area contributed by atoms with Gasteiger partial charge in [0.05, 0.1) is 11.7 Å². The maximum atomic E-state index is 12.2. The van der Waals surface area contributed by atoms with Crippen molar-refractivity contribution >= 4 is 27.5 Å². The van der Waals surface area contributed by atoms with E-state index in [4.69, 9.17) is 4.42 Å². The molecule has 5 heteroatoms. The number of furan rings is 1.